The van der Waals surface area contributed by atoms with Gasteiger partial charge in [0.1, 0.15) is 0 Å². The Balaban J connectivity index is 1.75. The molecule has 2 aliphatic heterocycles. The van der Waals surface area contributed by atoms with Crippen LogP contribution < -0.4 is 10.2 Å². The number of rotatable bonds is 1. The minimum atomic E-state index is 0.0862. The standard InChI is InChI=1S/C14H18ClN5/c1-14(2)11-6-16-5-9(11)7-19(14)13-17-12-4-3-10(15)8-20(12)18-13/h3-4,8-9,11,16H,5-7H2,1-2H3. The maximum absolute atomic E-state index is 6.01. The molecule has 2 saturated heterocycles. The Labute approximate surface area is 122 Å². The topological polar surface area (TPSA) is 45.5 Å². The van der Waals surface area contributed by atoms with E-state index in [0.717, 1.165) is 31.2 Å². The maximum Gasteiger partial charge on any atom is 0.246 e. The molecule has 2 aromatic rings. The number of aromatic nitrogens is 3. The Morgan fingerprint density at radius 2 is 2.20 bits per heavy atom. The molecule has 106 valence electrons. The van der Waals surface area contributed by atoms with E-state index in [1.54, 1.807) is 10.7 Å². The quantitative estimate of drug-likeness (QED) is 0.870. The minimum absolute atomic E-state index is 0.0862. The van der Waals surface area contributed by atoms with Crippen molar-refractivity contribution in [3.63, 3.8) is 0 Å². The van der Waals surface area contributed by atoms with E-state index in [9.17, 15) is 0 Å². The SMILES string of the molecule is CC1(C)C2CNCC2CN1c1nc2ccc(Cl)cn2n1. The van der Waals surface area contributed by atoms with Crippen LogP contribution in [-0.2, 0) is 0 Å². The fraction of sp³-hybridized carbons (Fsp3) is 0.571. The van der Waals surface area contributed by atoms with Crippen LogP contribution in [0.1, 0.15) is 13.8 Å². The maximum atomic E-state index is 6.01. The van der Waals surface area contributed by atoms with Crippen LogP contribution in [0.3, 0.4) is 0 Å². The van der Waals surface area contributed by atoms with Crippen molar-refractivity contribution < 1.29 is 0 Å². The first-order valence-corrected chi connectivity index (χ1v) is 7.44. The molecule has 2 aliphatic rings. The molecule has 0 aliphatic carbocycles. The van der Waals surface area contributed by atoms with Crippen LogP contribution in [0, 0.1) is 11.8 Å². The lowest BCUT2D eigenvalue weighted by Gasteiger charge is -2.34. The molecule has 0 bridgehead atoms. The van der Waals surface area contributed by atoms with E-state index in [2.05, 4.69) is 34.1 Å². The summed E-state index contributed by atoms with van der Waals surface area (Å²) < 4.78 is 1.76. The number of anilines is 1. The Morgan fingerprint density at radius 3 is 3.00 bits per heavy atom. The fourth-order valence-corrected chi connectivity index (χ4v) is 3.88. The van der Waals surface area contributed by atoms with Gasteiger partial charge in [-0.05, 0) is 37.8 Å². The predicted molar refractivity (Wildman–Crippen MR) is 79.3 cm³/mol. The van der Waals surface area contributed by atoms with Crippen LogP contribution in [0.25, 0.3) is 5.65 Å². The van der Waals surface area contributed by atoms with Crippen molar-refractivity contribution in [3.8, 4) is 0 Å². The summed E-state index contributed by atoms with van der Waals surface area (Å²) in [6.45, 7) is 7.80. The van der Waals surface area contributed by atoms with Crippen molar-refractivity contribution >= 4 is 23.2 Å². The summed E-state index contributed by atoms with van der Waals surface area (Å²) in [5.74, 6) is 2.17. The Kier molecular flexibility index (Phi) is 2.54. The minimum Gasteiger partial charge on any atom is -0.334 e. The number of pyridine rings is 1. The van der Waals surface area contributed by atoms with Crippen molar-refractivity contribution in [1.29, 1.82) is 0 Å². The van der Waals surface area contributed by atoms with Crippen molar-refractivity contribution in [2.75, 3.05) is 24.5 Å². The fourth-order valence-electron chi connectivity index (χ4n) is 3.72. The average Bonchev–Trinajstić information content (AvgIpc) is 3.04. The number of nitrogens with one attached hydrogen (secondary N) is 1. The predicted octanol–water partition coefficient (Wildman–Crippen LogP) is 1.82. The lowest BCUT2D eigenvalue weighted by atomic mass is 9.85. The second-order valence-corrected chi connectivity index (χ2v) is 6.79. The van der Waals surface area contributed by atoms with Crippen LogP contribution in [0.5, 0.6) is 0 Å². The van der Waals surface area contributed by atoms with E-state index in [1.165, 1.54) is 0 Å². The Hall–Kier alpha value is -1.33. The molecule has 6 heteroatoms. The van der Waals surface area contributed by atoms with Gasteiger partial charge in [0, 0.05) is 31.4 Å². The highest BCUT2D eigenvalue weighted by molar-refractivity contribution is 6.30. The molecule has 0 spiro atoms. The van der Waals surface area contributed by atoms with E-state index in [1.807, 2.05) is 12.1 Å². The molecule has 0 saturated carbocycles. The number of hydrogen-bond acceptors (Lipinski definition) is 4. The van der Waals surface area contributed by atoms with Crippen molar-refractivity contribution in [1.82, 2.24) is 19.9 Å². The van der Waals surface area contributed by atoms with E-state index >= 15 is 0 Å². The monoisotopic (exact) mass is 291 g/mol. The normalized spacial score (nSPS) is 28.2. The van der Waals surface area contributed by atoms with Crippen LogP contribution in [0.4, 0.5) is 5.95 Å². The van der Waals surface area contributed by atoms with Gasteiger partial charge in [-0.15, -0.1) is 5.10 Å². The Bertz CT molecular complexity index is 665. The van der Waals surface area contributed by atoms with Crippen LogP contribution in [-0.4, -0.2) is 39.8 Å². The summed E-state index contributed by atoms with van der Waals surface area (Å²) in [5.41, 5.74) is 0.929. The van der Waals surface area contributed by atoms with Gasteiger partial charge in [0.05, 0.1) is 5.02 Å². The van der Waals surface area contributed by atoms with Gasteiger partial charge in [-0.2, -0.15) is 4.98 Å². The van der Waals surface area contributed by atoms with Gasteiger partial charge < -0.3 is 10.2 Å². The highest BCUT2D eigenvalue weighted by atomic mass is 35.5. The summed E-state index contributed by atoms with van der Waals surface area (Å²) in [7, 11) is 0. The molecular formula is C14H18ClN5. The zero-order chi connectivity index (χ0) is 13.9. The summed E-state index contributed by atoms with van der Waals surface area (Å²) >= 11 is 6.01. The molecule has 4 rings (SSSR count). The zero-order valence-corrected chi connectivity index (χ0v) is 12.4. The number of halogens is 1. The lowest BCUT2D eigenvalue weighted by molar-refractivity contribution is 0.355. The van der Waals surface area contributed by atoms with E-state index in [0.29, 0.717) is 16.9 Å². The number of hydrogen-bond donors (Lipinski definition) is 1. The molecule has 4 heterocycles. The molecule has 0 amide bonds. The molecule has 2 atom stereocenters. The summed E-state index contributed by atoms with van der Waals surface area (Å²) in [4.78, 5) is 7.01. The third kappa shape index (κ3) is 1.66. The van der Waals surface area contributed by atoms with E-state index in [4.69, 9.17) is 11.6 Å². The van der Waals surface area contributed by atoms with Gasteiger partial charge in [-0.1, -0.05) is 11.6 Å². The van der Waals surface area contributed by atoms with Crippen LogP contribution in [0.15, 0.2) is 18.3 Å². The first kappa shape index (κ1) is 12.4. The van der Waals surface area contributed by atoms with Crippen LogP contribution in [0.2, 0.25) is 5.02 Å². The van der Waals surface area contributed by atoms with Gasteiger partial charge in [0.2, 0.25) is 5.95 Å². The zero-order valence-electron chi connectivity index (χ0n) is 11.7. The van der Waals surface area contributed by atoms with Crippen LogP contribution >= 0.6 is 11.6 Å². The van der Waals surface area contributed by atoms with Gasteiger partial charge >= 0.3 is 0 Å². The molecule has 0 radical (unpaired) electrons. The largest absolute Gasteiger partial charge is 0.334 e. The van der Waals surface area contributed by atoms with E-state index < -0.39 is 0 Å². The van der Waals surface area contributed by atoms with Gasteiger partial charge in [0.25, 0.3) is 0 Å². The highest BCUT2D eigenvalue weighted by Gasteiger charge is 2.50. The van der Waals surface area contributed by atoms with Gasteiger partial charge in [-0.3, -0.25) is 0 Å². The summed E-state index contributed by atoms with van der Waals surface area (Å²) in [5, 5.41) is 8.78. The summed E-state index contributed by atoms with van der Waals surface area (Å²) in [6, 6.07) is 3.76. The first-order chi connectivity index (χ1) is 9.55. The molecule has 1 N–H and O–H groups in total. The molecule has 2 aromatic heterocycles. The third-order valence-corrected chi connectivity index (χ3v) is 5.11. The second kappa shape index (κ2) is 4.09. The molecule has 5 nitrogen and oxygen atoms in total. The third-order valence-electron chi connectivity index (χ3n) is 4.89. The van der Waals surface area contributed by atoms with Gasteiger partial charge in [-0.25, -0.2) is 4.52 Å². The summed E-state index contributed by atoms with van der Waals surface area (Å²) in [6.07, 6.45) is 1.80. The number of nitrogens with zero attached hydrogens (tertiary/aromatic N) is 4. The number of fused-ring (bicyclic) bond motifs is 2. The highest BCUT2D eigenvalue weighted by Crippen LogP contribution is 2.42. The lowest BCUT2D eigenvalue weighted by Crippen LogP contribution is -2.45. The van der Waals surface area contributed by atoms with Crippen molar-refractivity contribution in [2.24, 2.45) is 11.8 Å². The van der Waals surface area contributed by atoms with Crippen molar-refractivity contribution in [3.05, 3.63) is 23.4 Å². The second-order valence-electron chi connectivity index (χ2n) is 6.35. The molecule has 0 aromatic carbocycles. The molecule has 2 fully saturated rings. The first-order valence-electron chi connectivity index (χ1n) is 7.06. The molecule has 2 unspecified atom stereocenters. The Morgan fingerprint density at radius 1 is 1.35 bits per heavy atom. The van der Waals surface area contributed by atoms with Gasteiger partial charge in [0.15, 0.2) is 5.65 Å². The average molecular weight is 292 g/mol. The molecular weight excluding hydrogens is 274 g/mol. The molecule has 20 heavy (non-hydrogen) atoms. The smallest absolute Gasteiger partial charge is 0.246 e. The van der Waals surface area contributed by atoms with Crippen molar-refractivity contribution in [2.45, 2.75) is 19.4 Å². The van der Waals surface area contributed by atoms with E-state index in [-0.39, 0.29) is 5.54 Å².